The van der Waals surface area contributed by atoms with E-state index in [1.807, 2.05) is 12.1 Å². The van der Waals surface area contributed by atoms with Gasteiger partial charge in [-0.05, 0) is 57.0 Å². The Morgan fingerprint density at radius 2 is 1.72 bits per heavy atom. The van der Waals surface area contributed by atoms with Gasteiger partial charge in [0.05, 0.1) is 12.3 Å². The highest BCUT2D eigenvalue weighted by atomic mass is 32.1. The summed E-state index contributed by atoms with van der Waals surface area (Å²) in [5.74, 6) is 0.552. The summed E-state index contributed by atoms with van der Waals surface area (Å²) in [6.45, 7) is 9.82. The van der Waals surface area contributed by atoms with Crippen molar-refractivity contribution < 1.29 is 9.53 Å². The van der Waals surface area contributed by atoms with Gasteiger partial charge >= 0.3 is 0 Å². The number of carbonyl (C=O) groups excluding carboxylic acids is 1. The van der Waals surface area contributed by atoms with E-state index in [1.54, 1.807) is 23.5 Å². The third kappa shape index (κ3) is 5.04. The summed E-state index contributed by atoms with van der Waals surface area (Å²) in [5, 5.41) is 0. The second-order valence-electron chi connectivity index (χ2n) is 7.04. The number of ether oxygens (including phenoxy) is 1. The molecule has 2 aromatic carbocycles. The molecule has 0 saturated heterocycles. The van der Waals surface area contributed by atoms with Crippen molar-refractivity contribution >= 4 is 17.2 Å². The number of thiazole rings is 1. The van der Waals surface area contributed by atoms with Crippen molar-refractivity contribution in [2.45, 2.75) is 47.1 Å². The van der Waals surface area contributed by atoms with Crippen LogP contribution in [0.25, 0.3) is 11.3 Å². The molecule has 4 nitrogen and oxygen atoms in total. The lowest BCUT2D eigenvalue weighted by Gasteiger charge is -2.08. The Hall–Kier alpha value is -2.66. The van der Waals surface area contributed by atoms with Crippen molar-refractivity contribution in [3.63, 3.8) is 0 Å². The molecule has 0 saturated carbocycles. The van der Waals surface area contributed by atoms with Gasteiger partial charge in [-0.25, -0.2) is 0 Å². The molecular formula is C24H28N2O2S. The van der Waals surface area contributed by atoms with Crippen LogP contribution < -0.4 is 9.54 Å². The Morgan fingerprint density at radius 1 is 1.03 bits per heavy atom. The highest BCUT2D eigenvalue weighted by Gasteiger charge is 2.13. The van der Waals surface area contributed by atoms with Gasteiger partial charge in [-0.3, -0.25) is 4.79 Å². The van der Waals surface area contributed by atoms with Crippen LogP contribution in [0.5, 0.6) is 5.75 Å². The van der Waals surface area contributed by atoms with Gasteiger partial charge in [-0.1, -0.05) is 43.2 Å². The number of amides is 1. The largest absolute Gasteiger partial charge is 0.494 e. The van der Waals surface area contributed by atoms with Gasteiger partial charge in [0.2, 0.25) is 0 Å². The van der Waals surface area contributed by atoms with E-state index in [0.29, 0.717) is 12.2 Å². The van der Waals surface area contributed by atoms with Crippen molar-refractivity contribution in [2.75, 3.05) is 6.61 Å². The number of unbranched alkanes of at least 4 members (excludes halogenated alkanes) is 1. The van der Waals surface area contributed by atoms with Gasteiger partial charge in [0, 0.05) is 17.0 Å². The van der Waals surface area contributed by atoms with Gasteiger partial charge < -0.3 is 9.30 Å². The number of aromatic nitrogens is 1. The number of hydrogen-bond acceptors (Lipinski definition) is 3. The molecular weight excluding hydrogens is 380 g/mol. The maximum Gasteiger partial charge on any atom is 0.279 e. The standard InChI is InChI=1S/C24H28N2O2S/c1-5-7-16-28-21-14-12-20(13-15-21)23(27)25-24-26(6-2)22(18(4)29-24)19-10-8-17(3)9-11-19/h8-15H,5-7,16H2,1-4H3. The third-order valence-electron chi connectivity index (χ3n) is 4.78. The number of hydrogen-bond donors (Lipinski definition) is 0. The lowest BCUT2D eigenvalue weighted by atomic mass is 10.1. The van der Waals surface area contributed by atoms with Gasteiger partial charge in [0.1, 0.15) is 5.75 Å². The topological polar surface area (TPSA) is 43.6 Å². The summed E-state index contributed by atoms with van der Waals surface area (Å²) in [6, 6.07) is 15.7. The molecule has 3 aromatic rings. The van der Waals surface area contributed by atoms with Crippen LogP contribution in [-0.4, -0.2) is 17.1 Å². The monoisotopic (exact) mass is 408 g/mol. The van der Waals surface area contributed by atoms with E-state index in [2.05, 4.69) is 61.5 Å². The molecule has 0 spiro atoms. The third-order valence-corrected chi connectivity index (χ3v) is 5.78. The number of carbonyl (C=O) groups is 1. The zero-order chi connectivity index (χ0) is 20.8. The SMILES string of the molecule is CCCCOc1ccc(C(=O)N=c2sc(C)c(-c3ccc(C)cc3)n2CC)cc1. The van der Waals surface area contributed by atoms with Crippen LogP contribution in [0.1, 0.15) is 47.5 Å². The average Bonchev–Trinajstić information content (AvgIpc) is 3.04. The Balaban J connectivity index is 1.89. The molecule has 152 valence electrons. The fraction of sp³-hybridized carbons (Fsp3) is 0.333. The number of benzene rings is 2. The second kappa shape index (κ2) is 9.70. The lowest BCUT2D eigenvalue weighted by Crippen LogP contribution is -2.17. The predicted octanol–water partition coefficient (Wildman–Crippen LogP) is 5.77. The van der Waals surface area contributed by atoms with Crippen molar-refractivity contribution in [2.24, 2.45) is 4.99 Å². The zero-order valence-corrected chi connectivity index (χ0v) is 18.4. The summed E-state index contributed by atoms with van der Waals surface area (Å²) >= 11 is 1.56. The molecule has 1 amide bonds. The minimum atomic E-state index is -0.232. The Morgan fingerprint density at radius 3 is 2.34 bits per heavy atom. The van der Waals surface area contributed by atoms with Crippen LogP contribution in [0.3, 0.4) is 0 Å². The quantitative estimate of drug-likeness (QED) is 0.466. The average molecular weight is 409 g/mol. The molecule has 0 fully saturated rings. The highest BCUT2D eigenvalue weighted by Crippen LogP contribution is 2.25. The fourth-order valence-electron chi connectivity index (χ4n) is 3.15. The van der Waals surface area contributed by atoms with Crippen LogP contribution in [0.15, 0.2) is 53.5 Å². The minimum Gasteiger partial charge on any atom is -0.494 e. The van der Waals surface area contributed by atoms with Gasteiger partial charge in [-0.15, -0.1) is 11.3 Å². The zero-order valence-electron chi connectivity index (χ0n) is 17.6. The van der Waals surface area contributed by atoms with Crippen molar-refractivity contribution in [3.8, 4) is 17.0 Å². The fourth-order valence-corrected chi connectivity index (χ4v) is 4.21. The van der Waals surface area contributed by atoms with Crippen molar-refractivity contribution in [1.29, 1.82) is 0 Å². The summed E-state index contributed by atoms with van der Waals surface area (Å²) in [7, 11) is 0. The van der Waals surface area contributed by atoms with Gasteiger partial charge in [-0.2, -0.15) is 4.99 Å². The molecule has 0 aliphatic carbocycles. The Kier molecular flexibility index (Phi) is 7.04. The molecule has 0 aliphatic heterocycles. The highest BCUT2D eigenvalue weighted by molar-refractivity contribution is 7.09. The Bertz CT molecular complexity index is 1030. The summed E-state index contributed by atoms with van der Waals surface area (Å²) in [4.78, 5) is 19.1. The molecule has 0 atom stereocenters. The molecule has 29 heavy (non-hydrogen) atoms. The van der Waals surface area contributed by atoms with Gasteiger partial charge in [0.15, 0.2) is 4.80 Å². The normalized spacial score (nSPS) is 11.7. The molecule has 0 aliphatic rings. The summed E-state index contributed by atoms with van der Waals surface area (Å²) in [6.07, 6.45) is 2.12. The maximum atomic E-state index is 12.7. The van der Waals surface area contributed by atoms with E-state index in [1.165, 1.54) is 5.56 Å². The molecule has 0 radical (unpaired) electrons. The second-order valence-corrected chi connectivity index (χ2v) is 8.22. The molecule has 3 rings (SSSR count). The molecule has 0 unspecified atom stereocenters. The maximum absolute atomic E-state index is 12.7. The van der Waals surface area contributed by atoms with Crippen molar-refractivity contribution in [1.82, 2.24) is 4.57 Å². The van der Waals surface area contributed by atoms with E-state index in [9.17, 15) is 4.79 Å². The number of rotatable bonds is 7. The first-order valence-corrected chi connectivity index (χ1v) is 10.9. The van der Waals surface area contributed by atoms with Crippen LogP contribution in [0.4, 0.5) is 0 Å². The van der Waals surface area contributed by atoms with Crippen LogP contribution in [-0.2, 0) is 6.54 Å². The smallest absolute Gasteiger partial charge is 0.279 e. The van der Waals surface area contributed by atoms with Crippen LogP contribution in [0.2, 0.25) is 0 Å². The first kappa shape index (κ1) is 21.1. The first-order chi connectivity index (χ1) is 14.0. The van der Waals surface area contributed by atoms with E-state index in [-0.39, 0.29) is 5.91 Å². The van der Waals surface area contributed by atoms with E-state index in [4.69, 9.17) is 4.74 Å². The van der Waals surface area contributed by atoms with Gasteiger partial charge in [0.25, 0.3) is 5.91 Å². The summed E-state index contributed by atoms with van der Waals surface area (Å²) in [5.41, 5.74) is 4.07. The Labute approximate surface area is 176 Å². The van der Waals surface area contributed by atoms with E-state index >= 15 is 0 Å². The molecule has 0 N–H and O–H groups in total. The number of aryl methyl sites for hydroxylation is 2. The first-order valence-electron chi connectivity index (χ1n) is 10.1. The number of nitrogens with zero attached hydrogens (tertiary/aromatic N) is 2. The van der Waals surface area contributed by atoms with E-state index in [0.717, 1.165) is 46.1 Å². The van der Waals surface area contributed by atoms with Crippen LogP contribution >= 0.6 is 11.3 Å². The predicted molar refractivity (Wildman–Crippen MR) is 120 cm³/mol. The summed E-state index contributed by atoms with van der Waals surface area (Å²) < 4.78 is 7.78. The molecule has 5 heteroatoms. The molecule has 1 heterocycles. The van der Waals surface area contributed by atoms with Crippen molar-refractivity contribution in [3.05, 3.63) is 69.3 Å². The lowest BCUT2D eigenvalue weighted by molar-refractivity contribution is 0.0998. The van der Waals surface area contributed by atoms with Crippen LogP contribution in [0, 0.1) is 13.8 Å². The minimum absolute atomic E-state index is 0.232. The van der Waals surface area contributed by atoms with E-state index < -0.39 is 0 Å². The molecule has 0 bridgehead atoms. The molecule has 1 aromatic heterocycles.